The van der Waals surface area contributed by atoms with E-state index in [9.17, 15) is 4.79 Å². The zero-order chi connectivity index (χ0) is 14.8. The van der Waals surface area contributed by atoms with Crippen LogP contribution in [-0.2, 0) is 4.79 Å². The molecule has 0 fully saturated rings. The van der Waals surface area contributed by atoms with Gasteiger partial charge in [0, 0.05) is 18.0 Å². The van der Waals surface area contributed by atoms with E-state index in [2.05, 4.69) is 26.8 Å². The van der Waals surface area contributed by atoms with E-state index in [0.717, 1.165) is 0 Å². The van der Waals surface area contributed by atoms with Crippen LogP contribution in [0.1, 0.15) is 6.92 Å². The van der Waals surface area contributed by atoms with Gasteiger partial charge in [-0.15, -0.1) is 10.2 Å². The fraction of sp³-hybridized carbons (Fsp3) is 0.0714. The van der Waals surface area contributed by atoms with Crippen LogP contribution < -0.4 is 0 Å². The van der Waals surface area contributed by atoms with Gasteiger partial charge in [-0.25, -0.2) is 14.8 Å². The van der Waals surface area contributed by atoms with Gasteiger partial charge in [0.05, 0.1) is 0 Å². The lowest BCUT2D eigenvalue weighted by Crippen LogP contribution is -1.92. The van der Waals surface area contributed by atoms with E-state index in [4.69, 9.17) is 5.11 Å². The first-order valence-corrected chi connectivity index (χ1v) is 5.72. The predicted molar refractivity (Wildman–Crippen MR) is 75.1 cm³/mol. The standard InChI is InChI=1S/C10H8N4.C4H6O2/c1-3-7-11-9(5-1)13-14-10-6-2-4-8-12-10;1-3(2)4(5)6/h1-8H;1H2,2H3,(H,5,6). The molecule has 0 aliphatic rings. The molecule has 6 nitrogen and oxygen atoms in total. The van der Waals surface area contributed by atoms with Crippen molar-refractivity contribution in [2.45, 2.75) is 6.92 Å². The van der Waals surface area contributed by atoms with Crippen LogP contribution in [0.25, 0.3) is 0 Å². The number of rotatable bonds is 3. The second-order valence-corrected chi connectivity index (χ2v) is 3.66. The first-order valence-electron chi connectivity index (χ1n) is 5.72. The average molecular weight is 270 g/mol. The summed E-state index contributed by atoms with van der Waals surface area (Å²) in [6.07, 6.45) is 3.35. The third-order valence-electron chi connectivity index (χ3n) is 1.92. The lowest BCUT2D eigenvalue weighted by atomic mass is 10.4. The van der Waals surface area contributed by atoms with E-state index in [1.54, 1.807) is 24.5 Å². The number of aromatic nitrogens is 2. The van der Waals surface area contributed by atoms with Crippen molar-refractivity contribution in [1.29, 1.82) is 0 Å². The van der Waals surface area contributed by atoms with Crippen LogP contribution in [-0.4, -0.2) is 21.0 Å². The number of hydrogen-bond acceptors (Lipinski definition) is 5. The van der Waals surface area contributed by atoms with Gasteiger partial charge in [-0.2, -0.15) is 0 Å². The summed E-state index contributed by atoms with van der Waals surface area (Å²) in [7, 11) is 0. The van der Waals surface area contributed by atoms with E-state index in [0.29, 0.717) is 11.6 Å². The minimum Gasteiger partial charge on any atom is -0.478 e. The molecule has 0 aliphatic carbocycles. The zero-order valence-electron chi connectivity index (χ0n) is 11.0. The molecular weight excluding hydrogens is 256 g/mol. The Balaban J connectivity index is 0.000000286. The highest BCUT2D eigenvalue weighted by molar-refractivity contribution is 5.84. The minimum atomic E-state index is -0.935. The van der Waals surface area contributed by atoms with Gasteiger partial charge >= 0.3 is 5.97 Å². The van der Waals surface area contributed by atoms with Gasteiger partial charge in [0.15, 0.2) is 11.6 Å². The Hall–Kier alpha value is -2.89. The Morgan fingerprint density at radius 3 is 1.70 bits per heavy atom. The normalized spacial score (nSPS) is 9.65. The Bertz CT molecular complexity index is 529. The first kappa shape index (κ1) is 15.2. The lowest BCUT2D eigenvalue weighted by Gasteiger charge is -1.89. The van der Waals surface area contributed by atoms with Crippen molar-refractivity contribution >= 4 is 17.6 Å². The predicted octanol–water partition coefficient (Wildman–Crippen LogP) is 3.54. The van der Waals surface area contributed by atoms with E-state index in [-0.39, 0.29) is 5.57 Å². The molecule has 102 valence electrons. The van der Waals surface area contributed by atoms with Gasteiger partial charge in [-0.05, 0) is 31.2 Å². The second kappa shape index (κ2) is 8.25. The molecule has 0 spiro atoms. The molecule has 2 heterocycles. The van der Waals surface area contributed by atoms with Gasteiger partial charge in [0.2, 0.25) is 0 Å². The number of pyridine rings is 2. The summed E-state index contributed by atoms with van der Waals surface area (Å²) in [6, 6.07) is 11.0. The fourth-order valence-electron chi connectivity index (χ4n) is 0.928. The molecule has 1 N–H and O–H groups in total. The summed E-state index contributed by atoms with van der Waals surface area (Å²) in [5.41, 5.74) is 0.176. The van der Waals surface area contributed by atoms with Crippen molar-refractivity contribution in [3.8, 4) is 0 Å². The summed E-state index contributed by atoms with van der Waals surface area (Å²) in [5.74, 6) is 0.228. The van der Waals surface area contributed by atoms with E-state index < -0.39 is 5.97 Å². The summed E-state index contributed by atoms with van der Waals surface area (Å²) in [4.78, 5) is 17.6. The molecule has 0 aliphatic heterocycles. The molecule has 6 heteroatoms. The molecule has 0 bridgehead atoms. The highest BCUT2D eigenvalue weighted by Gasteiger charge is 1.90. The van der Waals surface area contributed by atoms with Crippen molar-refractivity contribution in [3.05, 3.63) is 60.9 Å². The van der Waals surface area contributed by atoms with Crippen molar-refractivity contribution in [2.75, 3.05) is 0 Å². The topological polar surface area (TPSA) is 87.8 Å². The molecule has 20 heavy (non-hydrogen) atoms. The zero-order valence-corrected chi connectivity index (χ0v) is 11.0. The summed E-state index contributed by atoms with van der Waals surface area (Å²) < 4.78 is 0. The Morgan fingerprint density at radius 1 is 1.05 bits per heavy atom. The van der Waals surface area contributed by atoms with Crippen LogP contribution in [0.3, 0.4) is 0 Å². The van der Waals surface area contributed by atoms with E-state index in [1.165, 1.54) is 6.92 Å². The van der Waals surface area contributed by atoms with Gasteiger partial charge in [-0.1, -0.05) is 18.7 Å². The smallest absolute Gasteiger partial charge is 0.330 e. The number of nitrogens with zero attached hydrogens (tertiary/aromatic N) is 4. The van der Waals surface area contributed by atoms with E-state index in [1.807, 2.05) is 24.3 Å². The van der Waals surface area contributed by atoms with Crippen LogP contribution in [0.4, 0.5) is 11.6 Å². The third-order valence-corrected chi connectivity index (χ3v) is 1.92. The number of aliphatic carboxylic acids is 1. The van der Waals surface area contributed by atoms with Crippen molar-refractivity contribution < 1.29 is 9.90 Å². The number of carbonyl (C=O) groups is 1. The largest absolute Gasteiger partial charge is 0.478 e. The van der Waals surface area contributed by atoms with Crippen LogP contribution in [0.15, 0.2) is 71.2 Å². The SMILES string of the molecule is C=C(C)C(=O)O.c1ccc(N=Nc2ccccn2)nc1. The van der Waals surface area contributed by atoms with Gasteiger partial charge < -0.3 is 5.11 Å². The average Bonchev–Trinajstić information content (AvgIpc) is 2.48. The third kappa shape index (κ3) is 6.15. The van der Waals surface area contributed by atoms with Gasteiger partial charge in [0.1, 0.15) is 0 Å². The highest BCUT2D eigenvalue weighted by atomic mass is 16.4. The summed E-state index contributed by atoms with van der Waals surface area (Å²) in [5, 5.41) is 15.7. The van der Waals surface area contributed by atoms with Crippen molar-refractivity contribution in [2.24, 2.45) is 10.2 Å². The fourth-order valence-corrected chi connectivity index (χ4v) is 0.928. The highest BCUT2D eigenvalue weighted by Crippen LogP contribution is 2.11. The molecular formula is C14H14N4O2. The quantitative estimate of drug-likeness (QED) is 0.682. The number of hydrogen-bond donors (Lipinski definition) is 1. The van der Waals surface area contributed by atoms with Crippen LogP contribution in [0.5, 0.6) is 0 Å². The Kier molecular flexibility index (Phi) is 6.26. The number of carboxylic acids is 1. The van der Waals surface area contributed by atoms with Crippen molar-refractivity contribution in [1.82, 2.24) is 9.97 Å². The maximum Gasteiger partial charge on any atom is 0.330 e. The van der Waals surface area contributed by atoms with Crippen LogP contribution in [0, 0.1) is 0 Å². The molecule has 0 amide bonds. The molecule has 0 aromatic carbocycles. The monoisotopic (exact) mass is 270 g/mol. The molecule has 2 rings (SSSR count). The molecule has 2 aromatic rings. The Morgan fingerprint density at radius 2 is 1.45 bits per heavy atom. The number of carboxylic acid groups (broad SMARTS) is 1. The molecule has 0 atom stereocenters. The van der Waals surface area contributed by atoms with Crippen LogP contribution in [0.2, 0.25) is 0 Å². The molecule has 0 saturated heterocycles. The molecule has 0 unspecified atom stereocenters. The molecule has 0 saturated carbocycles. The lowest BCUT2D eigenvalue weighted by molar-refractivity contribution is -0.132. The molecule has 0 radical (unpaired) electrons. The first-order chi connectivity index (χ1) is 9.59. The molecule has 2 aromatic heterocycles. The van der Waals surface area contributed by atoms with E-state index >= 15 is 0 Å². The van der Waals surface area contributed by atoms with Crippen LogP contribution >= 0.6 is 0 Å². The maximum absolute atomic E-state index is 9.60. The summed E-state index contributed by atoms with van der Waals surface area (Å²) in [6.45, 7) is 4.60. The van der Waals surface area contributed by atoms with Crippen molar-refractivity contribution in [3.63, 3.8) is 0 Å². The van der Waals surface area contributed by atoms with Gasteiger partial charge in [0.25, 0.3) is 0 Å². The maximum atomic E-state index is 9.60. The Labute approximate surface area is 116 Å². The summed E-state index contributed by atoms with van der Waals surface area (Å²) >= 11 is 0. The number of azo groups is 1. The minimum absolute atomic E-state index is 0.176. The second-order valence-electron chi connectivity index (χ2n) is 3.66. The van der Waals surface area contributed by atoms with Gasteiger partial charge in [-0.3, -0.25) is 0 Å².